The molecule has 2 rings (SSSR count). The SMILES string of the molecule is Cc1nn(-c2ccc(Cl)cc2[N+](=O)[O-])c(C)c1Br. The van der Waals surface area contributed by atoms with E-state index in [0.717, 1.165) is 15.9 Å². The molecule has 0 N–H and O–H groups in total. The Hall–Kier alpha value is -1.40. The van der Waals surface area contributed by atoms with Crippen molar-refractivity contribution in [1.82, 2.24) is 9.78 Å². The number of halogens is 2. The molecule has 5 nitrogen and oxygen atoms in total. The number of nitro groups is 1. The molecular weight excluding hydrogens is 321 g/mol. The molecule has 2 aromatic rings. The van der Waals surface area contributed by atoms with Crippen molar-refractivity contribution in [3.05, 3.63) is 49.2 Å². The molecule has 0 spiro atoms. The van der Waals surface area contributed by atoms with E-state index in [2.05, 4.69) is 21.0 Å². The van der Waals surface area contributed by atoms with E-state index in [1.54, 1.807) is 12.1 Å². The van der Waals surface area contributed by atoms with Crippen LogP contribution in [-0.2, 0) is 0 Å². The van der Waals surface area contributed by atoms with Crippen LogP contribution >= 0.6 is 27.5 Å². The highest BCUT2D eigenvalue weighted by molar-refractivity contribution is 9.10. The van der Waals surface area contributed by atoms with Gasteiger partial charge in [0.05, 0.1) is 20.8 Å². The summed E-state index contributed by atoms with van der Waals surface area (Å²) in [4.78, 5) is 10.6. The zero-order valence-corrected chi connectivity index (χ0v) is 12.0. The van der Waals surface area contributed by atoms with Crippen molar-refractivity contribution < 1.29 is 4.92 Å². The molecule has 0 aliphatic carbocycles. The molecule has 0 fully saturated rings. The summed E-state index contributed by atoms with van der Waals surface area (Å²) in [6.07, 6.45) is 0. The van der Waals surface area contributed by atoms with Crippen LogP contribution < -0.4 is 0 Å². The monoisotopic (exact) mass is 329 g/mol. The number of rotatable bonds is 2. The predicted octanol–water partition coefficient (Wildman–Crippen LogP) is 3.81. The summed E-state index contributed by atoms with van der Waals surface area (Å²) in [5.41, 5.74) is 1.91. The molecule has 0 unspecified atom stereocenters. The van der Waals surface area contributed by atoms with E-state index in [1.807, 2.05) is 13.8 Å². The maximum absolute atomic E-state index is 11.0. The minimum atomic E-state index is -0.467. The van der Waals surface area contributed by atoms with E-state index in [-0.39, 0.29) is 5.69 Å². The number of nitro benzene ring substituents is 1. The minimum absolute atomic E-state index is 0.0689. The van der Waals surface area contributed by atoms with Gasteiger partial charge in [-0.3, -0.25) is 10.1 Å². The van der Waals surface area contributed by atoms with Crippen LogP contribution in [0.5, 0.6) is 0 Å². The summed E-state index contributed by atoms with van der Waals surface area (Å²) in [7, 11) is 0. The van der Waals surface area contributed by atoms with E-state index >= 15 is 0 Å². The Morgan fingerprint density at radius 3 is 2.61 bits per heavy atom. The predicted molar refractivity (Wildman–Crippen MR) is 72.4 cm³/mol. The molecular formula is C11H9BrClN3O2. The average molecular weight is 331 g/mol. The Morgan fingerprint density at radius 2 is 2.11 bits per heavy atom. The van der Waals surface area contributed by atoms with E-state index in [1.165, 1.54) is 10.7 Å². The molecule has 1 aromatic heterocycles. The van der Waals surface area contributed by atoms with Crippen molar-refractivity contribution >= 4 is 33.2 Å². The van der Waals surface area contributed by atoms with Gasteiger partial charge in [-0.2, -0.15) is 5.10 Å². The first-order chi connectivity index (χ1) is 8.41. The molecule has 18 heavy (non-hydrogen) atoms. The van der Waals surface area contributed by atoms with Gasteiger partial charge in [-0.15, -0.1) is 0 Å². The van der Waals surface area contributed by atoms with Gasteiger partial charge in [0, 0.05) is 11.1 Å². The van der Waals surface area contributed by atoms with Crippen LogP contribution in [0.15, 0.2) is 22.7 Å². The summed E-state index contributed by atoms with van der Waals surface area (Å²) in [5, 5.41) is 15.6. The van der Waals surface area contributed by atoms with Crippen LogP contribution in [0, 0.1) is 24.0 Å². The molecule has 0 bridgehead atoms. The lowest BCUT2D eigenvalue weighted by Gasteiger charge is -2.05. The second-order valence-electron chi connectivity index (χ2n) is 3.79. The molecule has 0 amide bonds. The average Bonchev–Trinajstić information content (AvgIpc) is 2.57. The minimum Gasteiger partial charge on any atom is -0.258 e. The largest absolute Gasteiger partial charge is 0.296 e. The topological polar surface area (TPSA) is 61.0 Å². The Bertz CT molecular complexity index is 639. The third-order valence-corrected chi connectivity index (χ3v) is 3.95. The Labute approximate surface area is 117 Å². The van der Waals surface area contributed by atoms with Gasteiger partial charge in [0.2, 0.25) is 0 Å². The Morgan fingerprint density at radius 1 is 1.44 bits per heavy atom. The van der Waals surface area contributed by atoms with Crippen molar-refractivity contribution in [2.24, 2.45) is 0 Å². The van der Waals surface area contributed by atoms with Crippen molar-refractivity contribution in [2.75, 3.05) is 0 Å². The van der Waals surface area contributed by atoms with E-state index in [9.17, 15) is 10.1 Å². The van der Waals surface area contributed by atoms with Crippen LogP contribution in [0.25, 0.3) is 5.69 Å². The number of nitrogens with zero attached hydrogens (tertiary/aromatic N) is 3. The highest BCUT2D eigenvalue weighted by Crippen LogP contribution is 2.30. The highest BCUT2D eigenvalue weighted by Gasteiger charge is 2.20. The fourth-order valence-electron chi connectivity index (χ4n) is 1.68. The third kappa shape index (κ3) is 2.13. The maximum Gasteiger partial charge on any atom is 0.296 e. The molecule has 0 aliphatic rings. The van der Waals surface area contributed by atoms with E-state index in [4.69, 9.17) is 11.6 Å². The van der Waals surface area contributed by atoms with Crippen molar-refractivity contribution in [3.8, 4) is 5.69 Å². The van der Waals surface area contributed by atoms with Gasteiger partial charge >= 0.3 is 0 Å². The summed E-state index contributed by atoms with van der Waals surface area (Å²) in [6, 6.07) is 4.52. The standard InChI is InChI=1S/C11H9BrClN3O2/c1-6-11(12)7(2)15(14-6)9-4-3-8(13)5-10(9)16(17)18/h3-5H,1-2H3. The molecule has 0 radical (unpaired) electrons. The number of hydrogen-bond donors (Lipinski definition) is 0. The number of aryl methyl sites for hydroxylation is 1. The lowest BCUT2D eigenvalue weighted by molar-refractivity contribution is -0.384. The summed E-state index contributed by atoms with van der Waals surface area (Å²) >= 11 is 9.18. The van der Waals surface area contributed by atoms with Gasteiger partial charge in [0.25, 0.3) is 5.69 Å². The van der Waals surface area contributed by atoms with Crippen molar-refractivity contribution in [3.63, 3.8) is 0 Å². The zero-order valence-electron chi connectivity index (χ0n) is 9.65. The van der Waals surface area contributed by atoms with Gasteiger partial charge in [0.15, 0.2) is 0 Å². The van der Waals surface area contributed by atoms with Crippen LogP contribution in [0.1, 0.15) is 11.4 Å². The van der Waals surface area contributed by atoms with Crippen molar-refractivity contribution in [1.29, 1.82) is 0 Å². The fraction of sp³-hybridized carbons (Fsp3) is 0.182. The van der Waals surface area contributed by atoms with Crippen LogP contribution in [0.2, 0.25) is 5.02 Å². The summed E-state index contributed by atoms with van der Waals surface area (Å²) in [6.45, 7) is 3.66. The second-order valence-corrected chi connectivity index (χ2v) is 5.02. The number of hydrogen-bond acceptors (Lipinski definition) is 3. The quantitative estimate of drug-likeness (QED) is 0.621. The first-order valence-electron chi connectivity index (χ1n) is 5.08. The molecule has 1 aromatic carbocycles. The van der Waals surface area contributed by atoms with Gasteiger partial charge in [-0.25, -0.2) is 4.68 Å². The lowest BCUT2D eigenvalue weighted by Crippen LogP contribution is -2.03. The highest BCUT2D eigenvalue weighted by atomic mass is 79.9. The van der Waals surface area contributed by atoms with Crippen LogP contribution in [0.3, 0.4) is 0 Å². The number of benzene rings is 1. The molecule has 0 saturated carbocycles. The van der Waals surface area contributed by atoms with Gasteiger partial charge in [0.1, 0.15) is 5.69 Å². The number of aromatic nitrogens is 2. The molecule has 1 heterocycles. The molecule has 7 heteroatoms. The molecule has 0 atom stereocenters. The van der Waals surface area contributed by atoms with Crippen LogP contribution in [-0.4, -0.2) is 14.7 Å². The van der Waals surface area contributed by atoms with Crippen LogP contribution in [0.4, 0.5) is 5.69 Å². The first-order valence-corrected chi connectivity index (χ1v) is 6.25. The molecule has 0 saturated heterocycles. The molecule has 94 valence electrons. The van der Waals surface area contributed by atoms with Gasteiger partial charge < -0.3 is 0 Å². The van der Waals surface area contributed by atoms with E-state index < -0.39 is 4.92 Å². The zero-order chi connectivity index (χ0) is 13.4. The summed E-state index contributed by atoms with van der Waals surface area (Å²) in [5.74, 6) is 0. The van der Waals surface area contributed by atoms with E-state index in [0.29, 0.717) is 10.7 Å². The first kappa shape index (κ1) is 13.0. The Kier molecular flexibility index (Phi) is 3.41. The maximum atomic E-state index is 11.0. The normalized spacial score (nSPS) is 10.7. The van der Waals surface area contributed by atoms with Gasteiger partial charge in [-0.05, 0) is 41.9 Å². The third-order valence-electron chi connectivity index (χ3n) is 2.57. The fourth-order valence-corrected chi connectivity index (χ4v) is 2.09. The lowest BCUT2D eigenvalue weighted by atomic mass is 10.2. The smallest absolute Gasteiger partial charge is 0.258 e. The molecule has 0 aliphatic heterocycles. The summed E-state index contributed by atoms with van der Waals surface area (Å²) < 4.78 is 2.38. The van der Waals surface area contributed by atoms with Gasteiger partial charge in [-0.1, -0.05) is 11.6 Å². The van der Waals surface area contributed by atoms with Crippen molar-refractivity contribution in [2.45, 2.75) is 13.8 Å². The second kappa shape index (κ2) is 4.70. The Balaban J connectivity index is 2.71.